The van der Waals surface area contributed by atoms with E-state index >= 15 is 0 Å². The first kappa shape index (κ1) is 16.1. The van der Waals surface area contributed by atoms with Gasteiger partial charge in [-0.05, 0) is 13.0 Å². The van der Waals surface area contributed by atoms with Crippen LogP contribution in [-0.2, 0) is 30.7 Å². The summed E-state index contributed by atoms with van der Waals surface area (Å²) < 4.78 is 2.05. The number of fused-ring (bicyclic) bond motifs is 1. The van der Waals surface area contributed by atoms with Gasteiger partial charge in [-0.1, -0.05) is 0 Å². The van der Waals surface area contributed by atoms with E-state index in [-0.39, 0.29) is 5.91 Å². The summed E-state index contributed by atoms with van der Waals surface area (Å²) in [6, 6.07) is 2.11. The van der Waals surface area contributed by atoms with Crippen molar-refractivity contribution in [3.05, 3.63) is 33.5 Å². The number of carbonyl (C=O) groups excluding carboxylic acids is 1. The maximum Gasteiger partial charge on any atom is 0.222 e. The molecule has 0 spiro atoms. The van der Waals surface area contributed by atoms with Gasteiger partial charge in [0.15, 0.2) is 0 Å². The molecule has 0 saturated carbocycles. The van der Waals surface area contributed by atoms with Gasteiger partial charge in [0, 0.05) is 50.8 Å². The lowest BCUT2D eigenvalue weighted by Gasteiger charge is -2.16. The minimum Gasteiger partial charge on any atom is -0.345 e. The van der Waals surface area contributed by atoms with Gasteiger partial charge in [-0.3, -0.25) is 9.48 Å². The lowest BCUT2D eigenvalue weighted by atomic mass is 10.2. The van der Waals surface area contributed by atoms with Gasteiger partial charge in [0.25, 0.3) is 0 Å². The molecule has 0 atom stereocenters. The van der Waals surface area contributed by atoms with Crippen LogP contribution in [-0.4, -0.2) is 45.7 Å². The fourth-order valence-electron chi connectivity index (χ4n) is 2.76. The first-order valence-corrected chi connectivity index (χ1v) is 8.90. The molecule has 1 aliphatic rings. The Balaban J connectivity index is 1.46. The van der Waals surface area contributed by atoms with Gasteiger partial charge in [-0.25, -0.2) is 4.98 Å². The fraction of sp³-hybridized carbons (Fsp3) is 0.562. The highest BCUT2D eigenvalue weighted by Crippen LogP contribution is 2.14. The highest BCUT2D eigenvalue weighted by atomic mass is 32.1. The van der Waals surface area contributed by atoms with E-state index in [1.54, 1.807) is 11.3 Å². The Bertz CT molecular complexity index is 654. The Morgan fingerprint density at radius 2 is 2.35 bits per heavy atom. The molecular formula is C16H23N5OS. The molecule has 6 nitrogen and oxygen atoms in total. The van der Waals surface area contributed by atoms with Crippen LogP contribution in [0.15, 0.2) is 11.6 Å². The van der Waals surface area contributed by atoms with Crippen LogP contribution in [0.25, 0.3) is 0 Å². The van der Waals surface area contributed by atoms with Crippen molar-refractivity contribution in [3.63, 3.8) is 0 Å². The number of aryl methyl sites for hydroxylation is 2. The van der Waals surface area contributed by atoms with Crippen LogP contribution in [0.2, 0.25) is 0 Å². The predicted molar refractivity (Wildman–Crippen MR) is 90.4 cm³/mol. The third-order valence-electron chi connectivity index (χ3n) is 4.26. The van der Waals surface area contributed by atoms with Crippen molar-refractivity contribution >= 4 is 17.2 Å². The molecule has 0 aromatic carbocycles. The molecule has 0 unspecified atom stereocenters. The number of aromatic nitrogens is 3. The summed E-state index contributed by atoms with van der Waals surface area (Å²) in [7, 11) is 1.88. The van der Waals surface area contributed by atoms with Crippen LogP contribution in [0.5, 0.6) is 0 Å². The molecule has 3 rings (SSSR count). The Kier molecular flexibility index (Phi) is 5.07. The number of carbonyl (C=O) groups is 1. The zero-order chi connectivity index (χ0) is 16.2. The maximum atomic E-state index is 12.3. The van der Waals surface area contributed by atoms with E-state index in [1.165, 1.54) is 10.6 Å². The van der Waals surface area contributed by atoms with Gasteiger partial charge in [0.05, 0.1) is 29.1 Å². The topological polar surface area (TPSA) is 63.1 Å². The van der Waals surface area contributed by atoms with E-state index < -0.39 is 0 Å². The van der Waals surface area contributed by atoms with Crippen molar-refractivity contribution in [2.45, 2.75) is 39.3 Å². The molecule has 1 N–H and O–H groups in total. The highest BCUT2D eigenvalue weighted by molar-refractivity contribution is 7.09. The van der Waals surface area contributed by atoms with E-state index in [4.69, 9.17) is 0 Å². The molecule has 124 valence electrons. The largest absolute Gasteiger partial charge is 0.345 e. The van der Waals surface area contributed by atoms with Crippen LogP contribution in [0.3, 0.4) is 0 Å². The third-order valence-corrected chi connectivity index (χ3v) is 5.26. The normalized spacial score (nSPS) is 13.8. The van der Waals surface area contributed by atoms with Crippen molar-refractivity contribution in [1.29, 1.82) is 0 Å². The first-order chi connectivity index (χ1) is 11.1. The molecule has 0 aliphatic carbocycles. The molecule has 3 heterocycles. The molecule has 1 aliphatic heterocycles. The lowest BCUT2D eigenvalue weighted by molar-refractivity contribution is -0.129. The van der Waals surface area contributed by atoms with Crippen LogP contribution in [0, 0.1) is 6.92 Å². The van der Waals surface area contributed by atoms with Crippen molar-refractivity contribution in [1.82, 2.24) is 25.0 Å². The summed E-state index contributed by atoms with van der Waals surface area (Å²) in [4.78, 5) is 19.6. The predicted octanol–water partition coefficient (Wildman–Crippen LogP) is 1.38. The molecule has 2 aromatic rings. The Morgan fingerprint density at radius 3 is 3.09 bits per heavy atom. The van der Waals surface area contributed by atoms with Crippen molar-refractivity contribution in [3.8, 4) is 0 Å². The average Bonchev–Trinajstić information content (AvgIpc) is 3.15. The van der Waals surface area contributed by atoms with Crippen LogP contribution >= 0.6 is 11.3 Å². The minimum atomic E-state index is 0.177. The number of thiazole rings is 1. The molecule has 1 amide bonds. The fourth-order valence-corrected chi connectivity index (χ4v) is 3.53. The Hall–Kier alpha value is -1.73. The summed E-state index contributed by atoms with van der Waals surface area (Å²) in [5.74, 6) is 0.177. The summed E-state index contributed by atoms with van der Waals surface area (Å²) >= 11 is 1.66. The second-order valence-electron chi connectivity index (χ2n) is 5.95. The van der Waals surface area contributed by atoms with Gasteiger partial charge in [0.1, 0.15) is 0 Å². The summed E-state index contributed by atoms with van der Waals surface area (Å²) in [6.45, 7) is 5.51. The summed E-state index contributed by atoms with van der Waals surface area (Å²) in [6.07, 6.45) is 2.11. The van der Waals surface area contributed by atoms with Gasteiger partial charge in [-0.15, -0.1) is 11.3 Å². The molecular weight excluding hydrogens is 310 g/mol. The molecule has 0 saturated heterocycles. The van der Waals surface area contributed by atoms with E-state index in [9.17, 15) is 4.79 Å². The number of likely N-dealkylation sites (N-methyl/N-ethyl adjacent to an activating group) is 1. The maximum absolute atomic E-state index is 12.3. The number of amides is 1. The molecule has 0 radical (unpaired) electrons. The summed E-state index contributed by atoms with van der Waals surface area (Å²) in [5, 5.41) is 7.91. The lowest BCUT2D eigenvalue weighted by Crippen LogP contribution is -2.29. The SMILES string of the molecule is Cc1ncsc1CCN(C)C(=O)CCc1cc2n(n1)CCNC2. The van der Waals surface area contributed by atoms with Crippen LogP contribution < -0.4 is 5.32 Å². The van der Waals surface area contributed by atoms with Crippen molar-refractivity contribution in [2.75, 3.05) is 20.1 Å². The molecule has 23 heavy (non-hydrogen) atoms. The van der Waals surface area contributed by atoms with Gasteiger partial charge >= 0.3 is 0 Å². The number of nitrogens with zero attached hydrogens (tertiary/aromatic N) is 4. The zero-order valence-electron chi connectivity index (χ0n) is 13.7. The molecule has 0 fully saturated rings. The van der Waals surface area contributed by atoms with Crippen molar-refractivity contribution < 1.29 is 4.79 Å². The van der Waals surface area contributed by atoms with Gasteiger partial charge in [0.2, 0.25) is 5.91 Å². The second kappa shape index (κ2) is 7.23. The monoisotopic (exact) mass is 333 g/mol. The van der Waals surface area contributed by atoms with E-state index in [0.717, 1.165) is 44.0 Å². The molecule has 0 bridgehead atoms. The summed E-state index contributed by atoms with van der Waals surface area (Å²) in [5.41, 5.74) is 5.17. The van der Waals surface area contributed by atoms with E-state index in [2.05, 4.69) is 21.5 Å². The number of rotatable bonds is 6. The van der Waals surface area contributed by atoms with Crippen molar-refractivity contribution in [2.24, 2.45) is 0 Å². The average molecular weight is 333 g/mol. The van der Waals surface area contributed by atoms with E-state index in [0.29, 0.717) is 12.8 Å². The number of hydrogen-bond donors (Lipinski definition) is 1. The standard InChI is InChI=1S/C16H23N5OS/c1-12-15(23-11-18-12)5-7-20(2)16(22)4-3-13-9-14-10-17-6-8-21(14)19-13/h9,11,17H,3-8,10H2,1-2H3. The third kappa shape index (κ3) is 3.97. The van der Waals surface area contributed by atoms with Crippen LogP contribution in [0.1, 0.15) is 28.4 Å². The smallest absolute Gasteiger partial charge is 0.222 e. The van der Waals surface area contributed by atoms with Crippen LogP contribution in [0.4, 0.5) is 0 Å². The van der Waals surface area contributed by atoms with E-state index in [1.807, 2.05) is 29.1 Å². The second-order valence-corrected chi connectivity index (χ2v) is 6.89. The zero-order valence-corrected chi connectivity index (χ0v) is 14.5. The Labute approximate surface area is 140 Å². The minimum absolute atomic E-state index is 0.177. The number of nitrogens with one attached hydrogen (secondary N) is 1. The van der Waals surface area contributed by atoms with Gasteiger partial charge < -0.3 is 10.2 Å². The molecule has 2 aromatic heterocycles. The Morgan fingerprint density at radius 1 is 1.48 bits per heavy atom. The highest BCUT2D eigenvalue weighted by Gasteiger charge is 2.14. The molecule has 7 heteroatoms. The number of hydrogen-bond acceptors (Lipinski definition) is 5. The van der Waals surface area contributed by atoms with Gasteiger partial charge in [-0.2, -0.15) is 5.10 Å². The first-order valence-electron chi connectivity index (χ1n) is 8.02. The quantitative estimate of drug-likeness (QED) is 0.868.